The van der Waals surface area contributed by atoms with E-state index in [2.05, 4.69) is 29.4 Å². The Hall–Kier alpha value is -1.50. The summed E-state index contributed by atoms with van der Waals surface area (Å²) in [6.07, 6.45) is 1.62. The number of benzene rings is 1. The second-order valence-corrected chi connectivity index (χ2v) is 8.74. The molecule has 0 saturated carbocycles. The Balaban J connectivity index is 2.14. The van der Waals surface area contributed by atoms with Gasteiger partial charge in [0.25, 0.3) is 5.91 Å². The molecule has 0 bridgehead atoms. The van der Waals surface area contributed by atoms with Crippen LogP contribution < -0.4 is 10.6 Å². The molecule has 0 spiro atoms. The predicted octanol–water partition coefficient (Wildman–Crippen LogP) is 2.47. The highest BCUT2D eigenvalue weighted by molar-refractivity contribution is 5.96. The van der Waals surface area contributed by atoms with E-state index in [0.29, 0.717) is 24.7 Å². The number of halogens is 1. The fourth-order valence-corrected chi connectivity index (χ4v) is 3.57. The molecule has 152 valence electrons. The van der Waals surface area contributed by atoms with Crippen LogP contribution in [0.2, 0.25) is 0 Å². The predicted molar refractivity (Wildman–Crippen MR) is 106 cm³/mol. The molecule has 2 rings (SSSR count). The largest absolute Gasteiger partial charge is 0.389 e. The highest BCUT2D eigenvalue weighted by Gasteiger charge is 2.37. The van der Waals surface area contributed by atoms with Crippen molar-refractivity contribution in [2.24, 2.45) is 0 Å². The molecule has 1 aliphatic heterocycles. The van der Waals surface area contributed by atoms with E-state index in [4.69, 9.17) is 0 Å². The van der Waals surface area contributed by atoms with Gasteiger partial charge in [-0.25, -0.2) is 4.39 Å². The summed E-state index contributed by atoms with van der Waals surface area (Å²) in [4.78, 5) is 15.3. The summed E-state index contributed by atoms with van der Waals surface area (Å²) in [5.41, 5.74) is -0.0913. The molecule has 1 aliphatic rings. The number of amides is 1. The number of nitrogens with one attached hydrogen (secondary N) is 2. The maximum absolute atomic E-state index is 13.6. The third-order valence-corrected chi connectivity index (χ3v) is 5.33. The van der Waals surface area contributed by atoms with E-state index in [-0.39, 0.29) is 5.91 Å². The lowest BCUT2D eigenvalue weighted by atomic mass is 9.86. The first-order chi connectivity index (χ1) is 12.5. The molecule has 0 aliphatic carbocycles. The van der Waals surface area contributed by atoms with Gasteiger partial charge in [-0.05, 0) is 65.2 Å². The van der Waals surface area contributed by atoms with Gasteiger partial charge in [-0.3, -0.25) is 4.79 Å². The van der Waals surface area contributed by atoms with Crippen LogP contribution in [0.3, 0.4) is 0 Å². The van der Waals surface area contributed by atoms with Crippen molar-refractivity contribution in [3.05, 3.63) is 35.1 Å². The monoisotopic (exact) mass is 379 g/mol. The highest BCUT2D eigenvalue weighted by atomic mass is 19.1. The van der Waals surface area contributed by atoms with Crippen LogP contribution >= 0.6 is 0 Å². The molecular formula is C21H34FN3O2. The van der Waals surface area contributed by atoms with Crippen molar-refractivity contribution in [3.8, 4) is 0 Å². The molecule has 0 aromatic heterocycles. The Labute approximate surface area is 162 Å². The molecular weight excluding hydrogens is 345 g/mol. The maximum atomic E-state index is 13.6. The number of aryl methyl sites for hydroxylation is 1. The van der Waals surface area contributed by atoms with Gasteiger partial charge < -0.3 is 20.6 Å². The fraction of sp³-hybridized carbons (Fsp3) is 0.667. The quantitative estimate of drug-likeness (QED) is 0.681. The van der Waals surface area contributed by atoms with Crippen molar-refractivity contribution in [2.75, 3.05) is 26.2 Å². The number of piperidine rings is 1. The van der Waals surface area contributed by atoms with E-state index >= 15 is 0 Å². The van der Waals surface area contributed by atoms with Crippen molar-refractivity contribution in [2.45, 2.75) is 64.6 Å². The zero-order valence-corrected chi connectivity index (χ0v) is 17.2. The first-order valence-corrected chi connectivity index (χ1v) is 9.77. The maximum Gasteiger partial charge on any atom is 0.252 e. The Morgan fingerprint density at radius 2 is 1.96 bits per heavy atom. The van der Waals surface area contributed by atoms with E-state index in [1.54, 1.807) is 19.9 Å². The van der Waals surface area contributed by atoms with Crippen molar-refractivity contribution >= 4 is 5.91 Å². The molecule has 0 unspecified atom stereocenters. The van der Waals surface area contributed by atoms with Crippen LogP contribution in [0, 0.1) is 12.7 Å². The standard InChI is InChI=1S/C21H34FN3O2/c1-15(2)25-10-8-21(9-11-25,14-23-13-20(4,5)27)24-19(26)18-12-17(22)7-6-16(18)3/h6-7,12,15,23,27H,8-11,13-14H2,1-5H3,(H,24,26). The summed E-state index contributed by atoms with van der Waals surface area (Å²) < 4.78 is 13.6. The van der Waals surface area contributed by atoms with Crippen LogP contribution in [-0.2, 0) is 0 Å². The Morgan fingerprint density at radius 1 is 1.33 bits per heavy atom. The number of hydrogen-bond acceptors (Lipinski definition) is 4. The van der Waals surface area contributed by atoms with Crippen LogP contribution in [-0.4, -0.2) is 59.3 Å². The van der Waals surface area contributed by atoms with Gasteiger partial charge >= 0.3 is 0 Å². The molecule has 1 fully saturated rings. The van der Waals surface area contributed by atoms with Crippen molar-refractivity contribution in [3.63, 3.8) is 0 Å². The normalized spacial score (nSPS) is 17.9. The van der Waals surface area contributed by atoms with Crippen LogP contribution in [0.1, 0.15) is 56.5 Å². The highest BCUT2D eigenvalue weighted by Crippen LogP contribution is 2.24. The van der Waals surface area contributed by atoms with Gasteiger partial charge in [0.1, 0.15) is 5.82 Å². The average Bonchev–Trinajstić information content (AvgIpc) is 2.56. The van der Waals surface area contributed by atoms with Gasteiger partial charge in [-0.15, -0.1) is 0 Å². The minimum Gasteiger partial charge on any atom is -0.389 e. The third kappa shape index (κ3) is 6.26. The molecule has 1 aromatic carbocycles. The van der Waals surface area contributed by atoms with Crippen molar-refractivity contribution in [1.29, 1.82) is 0 Å². The first kappa shape index (κ1) is 21.8. The fourth-order valence-electron chi connectivity index (χ4n) is 3.57. The third-order valence-electron chi connectivity index (χ3n) is 5.33. The molecule has 1 aromatic rings. The van der Waals surface area contributed by atoms with Gasteiger partial charge in [0.05, 0.1) is 11.1 Å². The number of hydrogen-bond donors (Lipinski definition) is 3. The molecule has 5 nitrogen and oxygen atoms in total. The topological polar surface area (TPSA) is 64.6 Å². The number of nitrogens with zero attached hydrogens (tertiary/aromatic N) is 1. The van der Waals surface area contributed by atoms with E-state index in [1.165, 1.54) is 12.1 Å². The summed E-state index contributed by atoms with van der Waals surface area (Å²) in [7, 11) is 0. The van der Waals surface area contributed by atoms with Crippen molar-refractivity contribution in [1.82, 2.24) is 15.5 Å². The number of carbonyl (C=O) groups excluding carboxylic acids is 1. The molecule has 1 amide bonds. The zero-order chi connectivity index (χ0) is 20.2. The molecule has 1 heterocycles. The van der Waals surface area contributed by atoms with E-state index < -0.39 is 17.0 Å². The smallest absolute Gasteiger partial charge is 0.252 e. The van der Waals surface area contributed by atoms with Crippen LogP contribution in [0.4, 0.5) is 4.39 Å². The van der Waals surface area contributed by atoms with E-state index in [0.717, 1.165) is 31.5 Å². The molecule has 27 heavy (non-hydrogen) atoms. The summed E-state index contributed by atoms with van der Waals surface area (Å²) in [6.45, 7) is 12.5. The van der Waals surface area contributed by atoms with Gasteiger partial charge in [-0.2, -0.15) is 0 Å². The zero-order valence-electron chi connectivity index (χ0n) is 17.2. The second-order valence-electron chi connectivity index (χ2n) is 8.74. The van der Waals surface area contributed by atoms with Gasteiger partial charge in [-0.1, -0.05) is 6.07 Å². The lowest BCUT2D eigenvalue weighted by molar-refractivity contribution is 0.0647. The van der Waals surface area contributed by atoms with Gasteiger partial charge in [0.15, 0.2) is 0 Å². The number of aliphatic hydroxyl groups is 1. The number of carbonyl (C=O) groups is 1. The lowest BCUT2D eigenvalue weighted by Crippen LogP contribution is -2.61. The first-order valence-electron chi connectivity index (χ1n) is 9.77. The van der Waals surface area contributed by atoms with Crippen molar-refractivity contribution < 1.29 is 14.3 Å². The SMILES string of the molecule is Cc1ccc(F)cc1C(=O)NC1(CNCC(C)(C)O)CCN(C(C)C)CC1. The Morgan fingerprint density at radius 3 is 2.52 bits per heavy atom. The minimum absolute atomic E-state index is 0.241. The van der Waals surface area contributed by atoms with Gasteiger partial charge in [0, 0.05) is 37.8 Å². The number of likely N-dealkylation sites (tertiary alicyclic amines) is 1. The van der Waals surface area contributed by atoms with E-state index in [9.17, 15) is 14.3 Å². The summed E-state index contributed by atoms with van der Waals surface area (Å²) in [6, 6.07) is 4.76. The minimum atomic E-state index is -0.816. The average molecular weight is 380 g/mol. The summed E-state index contributed by atoms with van der Waals surface area (Å²) in [5, 5.41) is 16.5. The van der Waals surface area contributed by atoms with Crippen LogP contribution in [0.15, 0.2) is 18.2 Å². The molecule has 0 radical (unpaired) electrons. The molecule has 1 saturated heterocycles. The summed E-state index contributed by atoms with van der Waals surface area (Å²) >= 11 is 0. The Kier molecular flexibility index (Phi) is 7.00. The van der Waals surface area contributed by atoms with Crippen LogP contribution in [0.5, 0.6) is 0 Å². The van der Waals surface area contributed by atoms with E-state index in [1.807, 2.05) is 6.92 Å². The van der Waals surface area contributed by atoms with Crippen LogP contribution in [0.25, 0.3) is 0 Å². The second kappa shape index (κ2) is 8.67. The number of rotatable bonds is 7. The molecule has 6 heteroatoms. The lowest BCUT2D eigenvalue weighted by Gasteiger charge is -2.44. The summed E-state index contributed by atoms with van der Waals surface area (Å²) in [5.74, 6) is -0.648. The molecule has 3 N–H and O–H groups in total. The van der Waals surface area contributed by atoms with Gasteiger partial charge in [0.2, 0.25) is 0 Å². The Bertz CT molecular complexity index is 647. The molecule has 0 atom stereocenters.